The van der Waals surface area contributed by atoms with Crippen LogP contribution in [0.25, 0.3) is 0 Å². The summed E-state index contributed by atoms with van der Waals surface area (Å²) in [5.74, 6) is -0.0279. The quantitative estimate of drug-likeness (QED) is 0.0603. The Hall–Kier alpha value is -0.610. The Kier molecular flexibility index (Phi) is 36.3. The SMILES string of the molecule is CCCCCCCCCCCCCCCCCCCCCCCC(=O)N[C@@H](CO)[C@H](O)CCCCCCCCCCCCC. The molecule has 0 heterocycles. The van der Waals surface area contributed by atoms with Gasteiger partial charge in [-0.2, -0.15) is 0 Å². The maximum absolute atomic E-state index is 12.3. The minimum Gasteiger partial charge on any atom is -0.394 e. The molecule has 0 aliphatic rings. The molecule has 0 aromatic carbocycles. The van der Waals surface area contributed by atoms with Crippen molar-refractivity contribution in [1.82, 2.24) is 5.32 Å². The molecular formula is C40H81NO3. The van der Waals surface area contributed by atoms with E-state index in [0.29, 0.717) is 12.8 Å². The maximum Gasteiger partial charge on any atom is 0.220 e. The number of rotatable bonds is 37. The van der Waals surface area contributed by atoms with E-state index in [1.807, 2.05) is 0 Å². The summed E-state index contributed by atoms with van der Waals surface area (Å²) in [7, 11) is 0. The first kappa shape index (κ1) is 43.4. The first-order valence-corrected chi connectivity index (χ1v) is 20.2. The summed E-state index contributed by atoms with van der Waals surface area (Å²) in [6.07, 6.45) is 43.1. The summed E-state index contributed by atoms with van der Waals surface area (Å²) in [6, 6.07) is -0.527. The summed E-state index contributed by atoms with van der Waals surface area (Å²) in [5.41, 5.74) is 0. The third-order valence-electron chi connectivity index (χ3n) is 9.62. The number of hydrogen-bond donors (Lipinski definition) is 3. The fourth-order valence-electron chi connectivity index (χ4n) is 6.48. The van der Waals surface area contributed by atoms with Crippen molar-refractivity contribution >= 4 is 5.91 Å². The second kappa shape index (κ2) is 36.9. The lowest BCUT2D eigenvalue weighted by molar-refractivity contribution is -0.123. The van der Waals surface area contributed by atoms with Gasteiger partial charge >= 0.3 is 0 Å². The number of unbranched alkanes of at least 4 members (excludes halogenated alkanes) is 30. The van der Waals surface area contributed by atoms with E-state index in [0.717, 1.165) is 25.7 Å². The van der Waals surface area contributed by atoms with E-state index in [9.17, 15) is 15.0 Å². The predicted molar refractivity (Wildman–Crippen MR) is 193 cm³/mol. The first-order chi connectivity index (χ1) is 21.7. The molecule has 0 aromatic rings. The van der Waals surface area contributed by atoms with Crippen LogP contribution < -0.4 is 5.32 Å². The average Bonchev–Trinajstić information content (AvgIpc) is 3.03. The molecule has 0 saturated carbocycles. The third kappa shape index (κ3) is 32.8. The van der Waals surface area contributed by atoms with Gasteiger partial charge in [0.2, 0.25) is 5.91 Å². The van der Waals surface area contributed by atoms with Crippen LogP contribution in [0.4, 0.5) is 0 Å². The standard InChI is InChI=1S/C40H81NO3/c1-3-5-7-9-11-13-15-16-17-18-19-20-21-22-23-24-26-28-30-32-34-36-40(44)41-38(37-42)39(43)35-33-31-29-27-25-14-12-10-8-6-4-2/h38-39,42-43H,3-37H2,1-2H3,(H,41,44)/t38-,39+/m0/s1. The number of carbonyl (C=O) groups excluding carboxylic acids is 1. The molecule has 264 valence electrons. The van der Waals surface area contributed by atoms with E-state index >= 15 is 0 Å². The number of aliphatic hydroxyl groups excluding tert-OH is 2. The molecule has 3 N–H and O–H groups in total. The van der Waals surface area contributed by atoms with Crippen LogP contribution in [0.5, 0.6) is 0 Å². The van der Waals surface area contributed by atoms with Crippen LogP contribution in [-0.4, -0.2) is 34.9 Å². The van der Waals surface area contributed by atoms with Crippen molar-refractivity contribution in [1.29, 1.82) is 0 Å². The normalized spacial score (nSPS) is 12.9. The van der Waals surface area contributed by atoms with E-state index in [4.69, 9.17) is 0 Å². The maximum atomic E-state index is 12.3. The van der Waals surface area contributed by atoms with Gasteiger partial charge in [0, 0.05) is 6.42 Å². The lowest BCUT2D eigenvalue weighted by atomic mass is 10.0. The van der Waals surface area contributed by atoms with Crippen molar-refractivity contribution in [3.63, 3.8) is 0 Å². The van der Waals surface area contributed by atoms with Crippen LogP contribution >= 0.6 is 0 Å². The van der Waals surface area contributed by atoms with E-state index in [1.165, 1.54) is 180 Å². The van der Waals surface area contributed by atoms with Crippen molar-refractivity contribution < 1.29 is 15.0 Å². The van der Waals surface area contributed by atoms with E-state index in [1.54, 1.807) is 0 Å². The first-order valence-electron chi connectivity index (χ1n) is 20.2. The highest BCUT2D eigenvalue weighted by Crippen LogP contribution is 2.16. The van der Waals surface area contributed by atoms with Gasteiger partial charge in [-0.3, -0.25) is 4.79 Å². The van der Waals surface area contributed by atoms with Gasteiger partial charge < -0.3 is 15.5 Å². The highest BCUT2D eigenvalue weighted by atomic mass is 16.3. The molecule has 0 aliphatic heterocycles. The number of amides is 1. The third-order valence-corrected chi connectivity index (χ3v) is 9.62. The summed E-state index contributed by atoms with van der Waals surface area (Å²) < 4.78 is 0. The van der Waals surface area contributed by atoms with Gasteiger partial charge in [-0.25, -0.2) is 0 Å². The minimum absolute atomic E-state index is 0.0279. The molecule has 0 bridgehead atoms. The van der Waals surface area contributed by atoms with E-state index in [2.05, 4.69) is 19.2 Å². The van der Waals surface area contributed by atoms with Crippen molar-refractivity contribution in [2.24, 2.45) is 0 Å². The van der Waals surface area contributed by atoms with Crippen LogP contribution in [0.15, 0.2) is 0 Å². The number of hydrogen-bond acceptors (Lipinski definition) is 3. The molecule has 0 radical (unpaired) electrons. The summed E-state index contributed by atoms with van der Waals surface area (Å²) in [6.45, 7) is 4.36. The Bertz CT molecular complexity index is 555. The number of nitrogens with one attached hydrogen (secondary N) is 1. The van der Waals surface area contributed by atoms with Crippen molar-refractivity contribution in [3.05, 3.63) is 0 Å². The van der Waals surface area contributed by atoms with Gasteiger partial charge in [-0.1, -0.05) is 213 Å². The second-order valence-corrected chi connectivity index (χ2v) is 14.1. The monoisotopic (exact) mass is 624 g/mol. The van der Waals surface area contributed by atoms with E-state index < -0.39 is 12.1 Å². The molecule has 0 saturated heterocycles. The van der Waals surface area contributed by atoms with Crippen LogP contribution in [0.1, 0.15) is 232 Å². The van der Waals surface area contributed by atoms with E-state index in [-0.39, 0.29) is 12.5 Å². The van der Waals surface area contributed by atoms with Crippen molar-refractivity contribution in [3.8, 4) is 0 Å². The molecule has 4 heteroatoms. The lowest BCUT2D eigenvalue weighted by Crippen LogP contribution is -2.45. The molecule has 0 spiro atoms. The fourth-order valence-corrected chi connectivity index (χ4v) is 6.48. The van der Waals surface area contributed by atoms with Crippen LogP contribution in [0.3, 0.4) is 0 Å². The molecule has 44 heavy (non-hydrogen) atoms. The van der Waals surface area contributed by atoms with Gasteiger partial charge in [-0.05, 0) is 12.8 Å². The largest absolute Gasteiger partial charge is 0.394 e. The average molecular weight is 624 g/mol. The Morgan fingerprint density at radius 1 is 0.455 bits per heavy atom. The Balaban J connectivity index is 3.45. The van der Waals surface area contributed by atoms with Gasteiger partial charge in [0.15, 0.2) is 0 Å². The van der Waals surface area contributed by atoms with Crippen LogP contribution in [0.2, 0.25) is 0 Å². The Morgan fingerprint density at radius 2 is 0.727 bits per heavy atom. The molecule has 0 unspecified atom stereocenters. The van der Waals surface area contributed by atoms with Crippen molar-refractivity contribution in [2.75, 3.05) is 6.61 Å². The molecule has 2 atom stereocenters. The molecule has 4 nitrogen and oxygen atoms in total. The fraction of sp³-hybridized carbons (Fsp3) is 0.975. The Labute approximate surface area is 276 Å². The van der Waals surface area contributed by atoms with Gasteiger partial charge in [0.05, 0.1) is 18.8 Å². The van der Waals surface area contributed by atoms with Crippen LogP contribution in [0, 0.1) is 0 Å². The topological polar surface area (TPSA) is 69.6 Å². The second-order valence-electron chi connectivity index (χ2n) is 14.1. The van der Waals surface area contributed by atoms with Gasteiger partial charge in [0.1, 0.15) is 0 Å². The number of carbonyl (C=O) groups is 1. The molecule has 1 amide bonds. The smallest absolute Gasteiger partial charge is 0.220 e. The highest BCUT2D eigenvalue weighted by Gasteiger charge is 2.19. The lowest BCUT2D eigenvalue weighted by Gasteiger charge is -2.22. The van der Waals surface area contributed by atoms with Crippen LogP contribution in [-0.2, 0) is 4.79 Å². The molecular weight excluding hydrogens is 542 g/mol. The zero-order valence-corrected chi connectivity index (χ0v) is 30.2. The highest BCUT2D eigenvalue weighted by molar-refractivity contribution is 5.76. The molecule has 0 aromatic heterocycles. The molecule has 0 rings (SSSR count). The number of aliphatic hydroxyl groups is 2. The zero-order chi connectivity index (χ0) is 32.2. The molecule has 0 fully saturated rings. The zero-order valence-electron chi connectivity index (χ0n) is 30.2. The minimum atomic E-state index is -0.651. The predicted octanol–water partition coefficient (Wildman–Crippen LogP) is 12.1. The van der Waals surface area contributed by atoms with Gasteiger partial charge in [-0.15, -0.1) is 0 Å². The Morgan fingerprint density at radius 3 is 1.02 bits per heavy atom. The van der Waals surface area contributed by atoms with Crippen molar-refractivity contribution in [2.45, 2.75) is 244 Å². The van der Waals surface area contributed by atoms with Gasteiger partial charge in [0.25, 0.3) is 0 Å². The summed E-state index contributed by atoms with van der Waals surface area (Å²) in [4.78, 5) is 12.3. The summed E-state index contributed by atoms with van der Waals surface area (Å²) >= 11 is 0. The summed E-state index contributed by atoms with van der Waals surface area (Å²) in [5, 5.41) is 23.0. The molecule has 0 aliphatic carbocycles.